The summed E-state index contributed by atoms with van der Waals surface area (Å²) in [4.78, 5) is 0. The fourth-order valence-corrected chi connectivity index (χ4v) is 2.20. The van der Waals surface area contributed by atoms with Gasteiger partial charge in [-0.15, -0.1) is 0 Å². The molecule has 1 unspecified atom stereocenters. The van der Waals surface area contributed by atoms with Crippen LogP contribution >= 0.6 is 0 Å². The van der Waals surface area contributed by atoms with E-state index >= 15 is 0 Å². The highest BCUT2D eigenvalue weighted by Crippen LogP contribution is 2.33. The van der Waals surface area contributed by atoms with E-state index in [9.17, 15) is 0 Å². The third kappa shape index (κ3) is 2.15. The number of fused-ring (bicyclic) bond motifs is 1. The van der Waals surface area contributed by atoms with Gasteiger partial charge in [0.1, 0.15) is 5.75 Å². The fraction of sp³-hybridized carbons (Fsp3) is 0.538. The van der Waals surface area contributed by atoms with Gasteiger partial charge in [-0.25, -0.2) is 0 Å². The maximum Gasteiger partial charge on any atom is 0.119 e. The second-order valence-corrected chi connectivity index (χ2v) is 4.09. The predicted molar refractivity (Wildman–Crippen MR) is 62.3 cm³/mol. The molecule has 2 rings (SSSR count). The molecule has 1 N–H and O–H groups in total. The zero-order valence-corrected chi connectivity index (χ0v) is 9.55. The summed E-state index contributed by atoms with van der Waals surface area (Å²) in [5, 5.41) is 3.34. The van der Waals surface area contributed by atoms with Gasteiger partial charge in [-0.2, -0.15) is 0 Å². The minimum Gasteiger partial charge on any atom is -0.494 e. The molecular weight excluding hydrogens is 186 g/mol. The van der Waals surface area contributed by atoms with Gasteiger partial charge >= 0.3 is 0 Å². The molecule has 0 aliphatic heterocycles. The first-order valence-corrected chi connectivity index (χ1v) is 5.78. The number of aryl methyl sites for hydroxylation is 1. The van der Waals surface area contributed by atoms with Crippen molar-refractivity contribution >= 4 is 0 Å². The van der Waals surface area contributed by atoms with Crippen LogP contribution in [0.3, 0.4) is 0 Å². The summed E-state index contributed by atoms with van der Waals surface area (Å²) < 4.78 is 5.63. The van der Waals surface area contributed by atoms with Crippen molar-refractivity contribution in [3.05, 3.63) is 29.3 Å². The van der Waals surface area contributed by atoms with Crippen LogP contribution in [0.15, 0.2) is 18.2 Å². The number of nitrogens with one attached hydrogen (secondary N) is 1. The van der Waals surface area contributed by atoms with Gasteiger partial charge in [-0.05, 0) is 49.6 Å². The smallest absolute Gasteiger partial charge is 0.119 e. The highest BCUT2D eigenvalue weighted by molar-refractivity contribution is 5.40. The van der Waals surface area contributed by atoms with Crippen LogP contribution in [-0.2, 0) is 6.42 Å². The lowest BCUT2D eigenvalue weighted by Gasteiger charge is -2.11. The summed E-state index contributed by atoms with van der Waals surface area (Å²) in [5.41, 5.74) is 2.89. The highest BCUT2D eigenvalue weighted by atomic mass is 16.5. The Kier molecular flexibility index (Phi) is 3.27. The van der Waals surface area contributed by atoms with Crippen molar-refractivity contribution in [2.75, 3.05) is 13.7 Å². The SMILES string of the molecule is CCCOc1ccc2c(c1)CCC2NC. The molecule has 0 fully saturated rings. The first kappa shape index (κ1) is 10.5. The van der Waals surface area contributed by atoms with Gasteiger partial charge in [0.15, 0.2) is 0 Å². The van der Waals surface area contributed by atoms with Crippen LogP contribution in [-0.4, -0.2) is 13.7 Å². The molecule has 0 saturated carbocycles. The molecule has 15 heavy (non-hydrogen) atoms. The second kappa shape index (κ2) is 4.67. The monoisotopic (exact) mass is 205 g/mol. The lowest BCUT2D eigenvalue weighted by Crippen LogP contribution is -2.12. The van der Waals surface area contributed by atoms with Gasteiger partial charge in [0, 0.05) is 6.04 Å². The molecule has 0 saturated heterocycles. The van der Waals surface area contributed by atoms with E-state index in [4.69, 9.17) is 4.74 Å². The van der Waals surface area contributed by atoms with Gasteiger partial charge in [-0.3, -0.25) is 0 Å². The average Bonchev–Trinajstić information content (AvgIpc) is 2.68. The van der Waals surface area contributed by atoms with Crippen LogP contribution in [0.5, 0.6) is 5.75 Å². The largest absolute Gasteiger partial charge is 0.494 e. The van der Waals surface area contributed by atoms with Crippen molar-refractivity contribution in [1.29, 1.82) is 0 Å². The maximum atomic E-state index is 5.63. The van der Waals surface area contributed by atoms with Crippen LogP contribution in [0.4, 0.5) is 0 Å². The Morgan fingerprint density at radius 1 is 1.47 bits per heavy atom. The van der Waals surface area contributed by atoms with Crippen LogP contribution < -0.4 is 10.1 Å². The molecule has 0 amide bonds. The van der Waals surface area contributed by atoms with Gasteiger partial charge in [0.25, 0.3) is 0 Å². The molecule has 82 valence electrons. The predicted octanol–water partition coefficient (Wildman–Crippen LogP) is 2.68. The lowest BCUT2D eigenvalue weighted by atomic mass is 10.1. The van der Waals surface area contributed by atoms with E-state index in [1.165, 1.54) is 24.0 Å². The first-order valence-electron chi connectivity index (χ1n) is 5.78. The average molecular weight is 205 g/mol. The Bertz CT molecular complexity index is 335. The van der Waals surface area contributed by atoms with Crippen molar-refractivity contribution in [1.82, 2.24) is 5.32 Å². The van der Waals surface area contributed by atoms with Crippen molar-refractivity contribution in [2.24, 2.45) is 0 Å². The quantitative estimate of drug-likeness (QED) is 0.816. The molecule has 0 aromatic heterocycles. The van der Waals surface area contributed by atoms with Gasteiger partial charge < -0.3 is 10.1 Å². The summed E-state index contributed by atoms with van der Waals surface area (Å²) >= 11 is 0. The molecule has 0 radical (unpaired) electrons. The molecule has 0 bridgehead atoms. The summed E-state index contributed by atoms with van der Waals surface area (Å²) in [6.45, 7) is 2.94. The van der Waals surface area contributed by atoms with E-state index in [1.54, 1.807) is 0 Å². The van der Waals surface area contributed by atoms with E-state index in [-0.39, 0.29) is 0 Å². The summed E-state index contributed by atoms with van der Waals surface area (Å²) in [5.74, 6) is 1.02. The van der Waals surface area contributed by atoms with Crippen LogP contribution in [0, 0.1) is 0 Å². The molecule has 1 aliphatic carbocycles. The molecule has 1 atom stereocenters. The number of ether oxygens (including phenoxy) is 1. The van der Waals surface area contributed by atoms with Crippen molar-refractivity contribution in [3.8, 4) is 5.75 Å². The Balaban J connectivity index is 2.14. The standard InChI is InChI=1S/C13H19NO/c1-3-8-15-11-5-6-12-10(9-11)4-7-13(12)14-2/h5-6,9,13-14H,3-4,7-8H2,1-2H3. The molecule has 1 aliphatic rings. The third-order valence-corrected chi connectivity index (χ3v) is 3.01. The molecule has 0 heterocycles. The van der Waals surface area contributed by atoms with E-state index in [0.29, 0.717) is 6.04 Å². The van der Waals surface area contributed by atoms with Crippen LogP contribution in [0.1, 0.15) is 36.9 Å². The summed E-state index contributed by atoms with van der Waals surface area (Å²) in [7, 11) is 2.03. The summed E-state index contributed by atoms with van der Waals surface area (Å²) in [6.07, 6.45) is 3.45. The first-order chi connectivity index (χ1) is 7.35. The lowest BCUT2D eigenvalue weighted by molar-refractivity contribution is 0.317. The van der Waals surface area contributed by atoms with Crippen molar-refractivity contribution < 1.29 is 4.74 Å². The molecule has 1 aromatic carbocycles. The minimum absolute atomic E-state index is 0.542. The number of rotatable bonds is 4. The number of hydrogen-bond acceptors (Lipinski definition) is 2. The minimum atomic E-state index is 0.542. The van der Waals surface area contributed by atoms with Crippen LogP contribution in [0.25, 0.3) is 0 Å². The molecular formula is C13H19NO. The third-order valence-electron chi connectivity index (χ3n) is 3.01. The van der Waals surface area contributed by atoms with E-state index in [1.807, 2.05) is 7.05 Å². The Hall–Kier alpha value is -1.02. The summed E-state index contributed by atoms with van der Waals surface area (Å²) in [6, 6.07) is 7.03. The van der Waals surface area contributed by atoms with Crippen LogP contribution in [0.2, 0.25) is 0 Å². The maximum absolute atomic E-state index is 5.63. The van der Waals surface area contributed by atoms with E-state index < -0.39 is 0 Å². The molecule has 0 spiro atoms. The van der Waals surface area contributed by atoms with E-state index in [2.05, 4.69) is 30.4 Å². The van der Waals surface area contributed by atoms with Gasteiger partial charge in [0.2, 0.25) is 0 Å². The normalized spacial score (nSPS) is 18.9. The number of hydrogen-bond donors (Lipinski definition) is 1. The Morgan fingerprint density at radius 3 is 3.07 bits per heavy atom. The number of benzene rings is 1. The zero-order valence-electron chi connectivity index (χ0n) is 9.55. The van der Waals surface area contributed by atoms with Gasteiger partial charge in [-0.1, -0.05) is 13.0 Å². The highest BCUT2D eigenvalue weighted by Gasteiger charge is 2.20. The topological polar surface area (TPSA) is 21.3 Å². The van der Waals surface area contributed by atoms with Crippen molar-refractivity contribution in [3.63, 3.8) is 0 Å². The Morgan fingerprint density at radius 2 is 2.33 bits per heavy atom. The second-order valence-electron chi connectivity index (χ2n) is 4.09. The zero-order chi connectivity index (χ0) is 10.7. The van der Waals surface area contributed by atoms with E-state index in [0.717, 1.165) is 18.8 Å². The molecule has 2 heteroatoms. The molecule has 1 aromatic rings. The fourth-order valence-electron chi connectivity index (χ4n) is 2.20. The van der Waals surface area contributed by atoms with Gasteiger partial charge in [0.05, 0.1) is 6.61 Å². The van der Waals surface area contributed by atoms with Crippen molar-refractivity contribution in [2.45, 2.75) is 32.2 Å². The Labute approximate surface area is 91.6 Å². The molecule has 2 nitrogen and oxygen atoms in total.